The monoisotopic (exact) mass is 527 g/mol. The van der Waals surface area contributed by atoms with Crippen molar-refractivity contribution < 1.29 is 57.1 Å². The molecule has 1 fully saturated rings. The van der Waals surface area contributed by atoms with E-state index in [9.17, 15) is 19.2 Å². The Kier molecular flexibility index (Phi) is 12.1. The number of nitrogen functional groups attached to an aromatic ring is 1. The lowest BCUT2D eigenvalue weighted by molar-refractivity contribution is -0.309. The molecule has 1 aromatic rings. The molecule has 0 saturated carbocycles. The quantitative estimate of drug-likeness (QED) is 0.165. The van der Waals surface area contributed by atoms with Gasteiger partial charge in [0.2, 0.25) is 0 Å². The number of benzene rings is 1. The lowest BCUT2D eigenvalue weighted by atomic mass is 9.98. The highest BCUT2D eigenvalue weighted by Crippen LogP contribution is 2.30. The highest BCUT2D eigenvalue weighted by Gasteiger charge is 2.52. The lowest BCUT2D eigenvalue weighted by Gasteiger charge is -2.44. The number of carbonyl (C=O) groups excluding carboxylic acids is 4. The highest BCUT2D eigenvalue weighted by molar-refractivity contribution is 5.68. The highest BCUT2D eigenvalue weighted by atomic mass is 16.7. The van der Waals surface area contributed by atoms with Gasteiger partial charge in [-0.05, 0) is 24.3 Å². The summed E-state index contributed by atoms with van der Waals surface area (Å²) in [6.45, 7) is 4.95. The summed E-state index contributed by atoms with van der Waals surface area (Å²) in [5.41, 5.74) is 6.26. The second-order valence-corrected chi connectivity index (χ2v) is 7.97. The molecular formula is C24H33NO12. The van der Waals surface area contributed by atoms with Gasteiger partial charge in [0.05, 0.1) is 19.8 Å². The van der Waals surface area contributed by atoms with Crippen LogP contribution in [0.3, 0.4) is 0 Å². The summed E-state index contributed by atoms with van der Waals surface area (Å²) in [5.74, 6) is -2.12. The summed E-state index contributed by atoms with van der Waals surface area (Å²) in [7, 11) is 0. The van der Waals surface area contributed by atoms with Crippen molar-refractivity contribution in [2.75, 3.05) is 38.8 Å². The van der Waals surface area contributed by atoms with Gasteiger partial charge in [0.1, 0.15) is 25.1 Å². The molecule has 0 spiro atoms. The van der Waals surface area contributed by atoms with Crippen LogP contribution in [0, 0.1) is 0 Å². The molecule has 37 heavy (non-hydrogen) atoms. The van der Waals surface area contributed by atoms with E-state index < -0.39 is 54.6 Å². The Balaban J connectivity index is 2.01. The van der Waals surface area contributed by atoms with Crippen LogP contribution in [0.4, 0.5) is 5.69 Å². The number of hydrogen-bond donors (Lipinski definition) is 1. The first-order valence-electron chi connectivity index (χ1n) is 11.5. The van der Waals surface area contributed by atoms with Gasteiger partial charge in [0, 0.05) is 33.4 Å². The van der Waals surface area contributed by atoms with E-state index in [4.69, 9.17) is 43.6 Å². The molecule has 0 aliphatic carbocycles. The summed E-state index contributed by atoms with van der Waals surface area (Å²) >= 11 is 0. The predicted molar refractivity (Wildman–Crippen MR) is 125 cm³/mol. The third-order valence-corrected chi connectivity index (χ3v) is 4.83. The topological polar surface area (TPSA) is 168 Å². The number of nitrogens with two attached hydrogens (primary N) is 1. The fourth-order valence-electron chi connectivity index (χ4n) is 3.43. The van der Waals surface area contributed by atoms with E-state index in [-0.39, 0.29) is 33.0 Å². The molecule has 2 rings (SSSR count). The van der Waals surface area contributed by atoms with Crippen LogP contribution in [-0.4, -0.2) is 87.6 Å². The summed E-state index contributed by atoms with van der Waals surface area (Å²) in [5, 5.41) is 0. The van der Waals surface area contributed by atoms with Crippen molar-refractivity contribution in [3.05, 3.63) is 24.3 Å². The maximum absolute atomic E-state index is 11.8. The van der Waals surface area contributed by atoms with Crippen LogP contribution in [0.15, 0.2) is 24.3 Å². The molecule has 0 unspecified atom stereocenters. The smallest absolute Gasteiger partial charge is 0.303 e. The number of hydrogen-bond acceptors (Lipinski definition) is 13. The van der Waals surface area contributed by atoms with E-state index in [1.807, 2.05) is 0 Å². The van der Waals surface area contributed by atoms with E-state index in [2.05, 4.69) is 0 Å². The zero-order valence-electron chi connectivity index (χ0n) is 21.2. The number of rotatable bonds is 13. The Morgan fingerprint density at radius 2 is 1.32 bits per heavy atom. The zero-order chi connectivity index (χ0) is 27.4. The number of carbonyl (C=O) groups is 4. The molecule has 1 saturated heterocycles. The molecule has 13 heteroatoms. The number of anilines is 1. The third kappa shape index (κ3) is 10.6. The Labute approximate surface area is 214 Å². The van der Waals surface area contributed by atoms with E-state index >= 15 is 0 Å². The van der Waals surface area contributed by atoms with Crippen molar-refractivity contribution >= 4 is 29.6 Å². The Hall–Kier alpha value is -3.42. The number of ether oxygens (including phenoxy) is 8. The average Bonchev–Trinajstić information content (AvgIpc) is 2.81. The predicted octanol–water partition coefficient (Wildman–Crippen LogP) is 0.764. The van der Waals surface area contributed by atoms with E-state index in [0.717, 1.165) is 20.8 Å². The van der Waals surface area contributed by atoms with Crippen molar-refractivity contribution in [1.82, 2.24) is 0 Å². The molecule has 2 N–H and O–H groups in total. The second-order valence-electron chi connectivity index (χ2n) is 7.97. The Morgan fingerprint density at radius 3 is 1.92 bits per heavy atom. The van der Waals surface area contributed by atoms with Crippen molar-refractivity contribution in [3.63, 3.8) is 0 Å². The fraction of sp³-hybridized carbons (Fsp3) is 0.583. The Bertz CT molecular complexity index is 905. The van der Waals surface area contributed by atoms with Gasteiger partial charge in [-0.1, -0.05) is 0 Å². The zero-order valence-corrected chi connectivity index (χ0v) is 21.2. The maximum Gasteiger partial charge on any atom is 0.303 e. The summed E-state index contributed by atoms with van der Waals surface area (Å²) in [6.07, 6.45) is -6.16. The normalized spacial score (nSPS) is 23.0. The van der Waals surface area contributed by atoms with Gasteiger partial charge < -0.3 is 43.6 Å². The first kappa shape index (κ1) is 29.8. The van der Waals surface area contributed by atoms with E-state index in [1.54, 1.807) is 24.3 Å². The fourth-order valence-corrected chi connectivity index (χ4v) is 3.43. The molecule has 0 amide bonds. The molecule has 1 aliphatic heterocycles. The molecular weight excluding hydrogens is 494 g/mol. The standard InChI is InChI=1S/C24H33NO12/c1-14(26)33-13-20-21(34-15(2)27)22(35-16(3)28)23(36-17(4)29)24(37-20)32-12-10-30-9-11-31-19-7-5-18(25)6-8-19/h5-8,20-24H,9-13,25H2,1-4H3/t20-,21-,22+,23-,24-/m1/s1. The SMILES string of the molecule is CC(=O)OC[C@H]1O[C@@H](OCCOCCOc2ccc(N)cc2)[C@H](OC(C)=O)[C@@H](OC(C)=O)[C@@H]1OC(C)=O. The van der Waals surface area contributed by atoms with E-state index in [0.29, 0.717) is 11.4 Å². The van der Waals surface area contributed by atoms with Gasteiger partial charge in [0.25, 0.3) is 0 Å². The minimum atomic E-state index is -1.29. The van der Waals surface area contributed by atoms with Crippen LogP contribution in [-0.2, 0) is 52.3 Å². The van der Waals surface area contributed by atoms with Gasteiger partial charge in [-0.2, -0.15) is 0 Å². The third-order valence-electron chi connectivity index (χ3n) is 4.83. The first-order valence-corrected chi connectivity index (χ1v) is 11.5. The van der Waals surface area contributed by atoms with Gasteiger partial charge in [0.15, 0.2) is 24.6 Å². The second kappa shape index (κ2) is 15.0. The number of esters is 4. The minimum absolute atomic E-state index is 0.00435. The summed E-state index contributed by atoms with van der Waals surface area (Å²) < 4.78 is 43.6. The van der Waals surface area contributed by atoms with Crippen LogP contribution >= 0.6 is 0 Å². The molecule has 0 radical (unpaired) electrons. The average molecular weight is 528 g/mol. The van der Waals surface area contributed by atoms with Crippen LogP contribution in [0.5, 0.6) is 5.75 Å². The molecule has 1 aliphatic rings. The van der Waals surface area contributed by atoms with Crippen LogP contribution in [0.25, 0.3) is 0 Å². The van der Waals surface area contributed by atoms with Crippen molar-refractivity contribution in [2.45, 2.75) is 58.4 Å². The minimum Gasteiger partial charge on any atom is -0.491 e. The molecule has 0 bridgehead atoms. The largest absolute Gasteiger partial charge is 0.491 e. The van der Waals surface area contributed by atoms with Crippen LogP contribution < -0.4 is 10.5 Å². The summed E-state index contributed by atoms with van der Waals surface area (Å²) in [4.78, 5) is 46.7. The molecule has 1 aromatic carbocycles. The molecule has 5 atom stereocenters. The van der Waals surface area contributed by atoms with Crippen LogP contribution in [0.2, 0.25) is 0 Å². The van der Waals surface area contributed by atoms with Gasteiger partial charge >= 0.3 is 23.9 Å². The van der Waals surface area contributed by atoms with Gasteiger partial charge in [-0.15, -0.1) is 0 Å². The maximum atomic E-state index is 11.8. The van der Waals surface area contributed by atoms with Gasteiger partial charge in [-0.25, -0.2) is 0 Å². The molecule has 13 nitrogen and oxygen atoms in total. The molecule has 1 heterocycles. The first-order chi connectivity index (χ1) is 17.6. The van der Waals surface area contributed by atoms with Crippen molar-refractivity contribution in [1.29, 1.82) is 0 Å². The lowest BCUT2D eigenvalue weighted by Crippen LogP contribution is -2.63. The van der Waals surface area contributed by atoms with Crippen molar-refractivity contribution in [2.24, 2.45) is 0 Å². The summed E-state index contributed by atoms with van der Waals surface area (Å²) in [6, 6.07) is 6.92. The molecule has 206 valence electrons. The van der Waals surface area contributed by atoms with Crippen molar-refractivity contribution in [3.8, 4) is 5.75 Å². The van der Waals surface area contributed by atoms with E-state index in [1.165, 1.54) is 6.92 Å². The van der Waals surface area contributed by atoms with Gasteiger partial charge in [-0.3, -0.25) is 19.2 Å². The van der Waals surface area contributed by atoms with Crippen LogP contribution in [0.1, 0.15) is 27.7 Å². The Morgan fingerprint density at radius 1 is 0.757 bits per heavy atom. The molecule has 0 aromatic heterocycles.